The third-order valence-electron chi connectivity index (χ3n) is 2.54. The zero-order valence-electron chi connectivity index (χ0n) is 11.7. The summed E-state index contributed by atoms with van der Waals surface area (Å²) in [4.78, 5) is 0. The molecule has 0 amide bonds. The van der Waals surface area contributed by atoms with Crippen molar-refractivity contribution in [3.63, 3.8) is 0 Å². The topological polar surface area (TPSA) is 21.3 Å². The summed E-state index contributed by atoms with van der Waals surface area (Å²) in [6, 6.07) is 9.07. The summed E-state index contributed by atoms with van der Waals surface area (Å²) in [7, 11) is 0. The highest BCUT2D eigenvalue weighted by molar-refractivity contribution is 5.35. The number of ether oxygens (including phenoxy) is 1. The summed E-state index contributed by atoms with van der Waals surface area (Å²) in [5.74, 6) is 1.55. The molecule has 2 heteroatoms. The first-order valence-corrected chi connectivity index (χ1v) is 6.48. The first-order valence-electron chi connectivity index (χ1n) is 6.48. The quantitative estimate of drug-likeness (QED) is 0.810. The van der Waals surface area contributed by atoms with E-state index >= 15 is 0 Å². The molecule has 1 rings (SSSR count). The SMILES string of the molecule is CC(C)COc1ccccc1[C@@H](C)NC(C)C. The molecule has 96 valence electrons. The molecule has 0 heterocycles. The Morgan fingerprint density at radius 1 is 1.06 bits per heavy atom. The molecule has 0 aliphatic heterocycles. The van der Waals surface area contributed by atoms with Gasteiger partial charge < -0.3 is 10.1 Å². The normalized spacial score (nSPS) is 13.1. The molecule has 0 saturated carbocycles. The Morgan fingerprint density at radius 3 is 2.29 bits per heavy atom. The van der Waals surface area contributed by atoms with Crippen molar-refractivity contribution < 1.29 is 4.74 Å². The molecule has 0 unspecified atom stereocenters. The Bertz CT molecular complexity index is 333. The van der Waals surface area contributed by atoms with Crippen LogP contribution in [0.3, 0.4) is 0 Å². The lowest BCUT2D eigenvalue weighted by Crippen LogP contribution is -2.26. The van der Waals surface area contributed by atoms with Gasteiger partial charge >= 0.3 is 0 Å². The molecule has 0 spiro atoms. The molecule has 1 aromatic rings. The number of rotatable bonds is 6. The van der Waals surface area contributed by atoms with Crippen molar-refractivity contribution in [2.24, 2.45) is 5.92 Å². The number of para-hydroxylation sites is 1. The van der Waals surface area contributed by atoms with E-state index in [0.29, 0.717) is 18.0 Å². The lowest BCUT2D eigenvalue weighted by atomic mass is 10.1. The lowest BCUT2D eigenvalue weighted by molar-refractivity contribution is 0.266. The summed E-state index contributed by atoms with van der Waals surface area (Å²) in [5, 5.41) is 3.51. The van der Waals surface area contributed by atoms with E-state index in [1.807, 2.05) is 6.07 Å². The predicted octanol–water partition coefficient (Wildman–Crippen LogP) is 3.78. The fraction of sp³-hybridized carbons (Fsp3) is 0.600. The van der Waals surface area contributed by atoms with Crippen LogP contribution in [0.4, 0.5) is 0 Å². The fourth-order valence-electron chi connectivity index (χ4n) is 1.82. The van der Waals surface area contributed by atoms with E-state index in [-0.39, 0.29) is 0 Å². The van der Waals surface area contributed by atoms with Gasteiger partial charge in [0.15, 0.2) is 0 Å². The molecule has 1 aromatic carbocycles. The molecule has 0 saturated heterocycles. The summed E-state index contributed by atoms with van der Waals surface area (Å²) in [6.07, 6.45) is 0. The summed E-state index contributed by atoms with van der Waals surface area (Å²) in [5.41, 5.74) is 1.24. The van der Waals surface area contributed by atoms with Gasteiger partial charge in [0.1, 0.15) is 5.75 Å². The highest BCUT2D eigenvalue weighted by Gasteiger charge is 2.12. The van der Waals surface area contributed by atoms with Crippen molar-refractivity contribution >= 4 is 0 Å². The van der Waals surface area contributed by atoms with E-state index < -0.39 is 0 Å². The molecule has 0 fully saturated rings. The van der Waals surface area contributed by atoms with Crippen LogP contribution < -0.4 is 10.1 Å². The minimum Gasteiger partial charge on any atom is -0.493 e. The van der Waals surface area contributed by atoms with Gasteiger partial charge in [0, 0.05) is 17.6 Å². The van der Waals surface area contributed by atoms with Crippen molar-refractivity contribution in [2.45, 2.75) is 46.7 Å². The van der Waals surface area contributed by atoms with Gasteiger partial charge in [0.2, 0.25) is 0 Å². The largest absolute Gasteiger partial charge is 0.493 e. The van der Waals surface area contributed by atoms with Crippen LogP contribution in [0.2, 0.25) is 0 Å². The summed E-state index contributed by atoms with van der Waals surface area (Å²) >= 11 is 0. The fourth-order valence-corrected chi connectivity index (χ4v) is 1.82. The Labute approximate surface area is 105 Å². The maximum Gasteiger partial charge on any atom is 0.124 e. The molecule has 1 N–H and O–H groups in total. The van der Waals surface area contributed by atoms with Gasteiger partial charge in [-0.05, 0) is 18.9 Å². The van der Waals surface area contributed by atoms with Crippen LogP contribution >= 0.6 is 0 Å². The smallest absolute Gasteiger partial charge is 0.124 e. The van der Waals surface area contributed by atoms with E-state index in [0.717, 1.165) is 12.4 Å². The third-order valence-corrected chi connectivity index (χ3v) is 2.54. The molecule has 0 radical (unpaired) electrons. The predicted molar refractivity (Wildman–Crippen MR) is 73.5 cm³/mol. The van der Waals surface area contributed by atoms with Crippen LogP contribution in [0.1, 0.15) is 46.2 Å². The molecule has 17 heavy (non-hydrogen) atoms. The van der Waals surface area contributed by atoms with Gasteiger partial charge in [0.05, 0.1) is 6.61 Å². The Kier molecular flexibility index (Phi) is 5.49. The van der Waals surface area contributed by atoms with E-state index in [4.69, 9.17) is 4.74 Å². The van der Waals surface area contributed by atoms with Gasteiger partial charge in [-0.3, -0.25) is 0 Å². The molecule has 2 nitrogen and oxygen atoms in total. The average Bonchev–Trinajstić information content (AvgIpc) is 2.25. The molecular weight excluding hydrogens is 210 g/mol. The van der Waals surface area contributed by atoms with Crippen molar-refractivity contribution in [1.82, 2.24) is 5.32 Å². The van der Waals surface area contributed by atoms with Crippen molar-refractivity contribution in [2.75, 3.05) is 6.61 Å². The first kappa shape index (κ1) is 14.0. The molecule has 0 bridgehead atoms. The number of nitrogens with one attached hydrogen (secondary N) is 1. The second-order valence-corrected chi connectivity index (χ2v) is 5.29. The van der Waals surface area contributed by atoms with Crippen LogP contribution in [0.15, 0.2) is 24.3 Å². The number of benzene rings is 1. The summed E-state index contributed by atoms with van der Waals surface area (Å²) in [6.45, 7) is 11.6. The maximum atomic E-state index is 5.86. The third kappa shape index (κ3) is 4.78. The minimum atomic E-state index is 0.318. The summed E-state index contributed by atoms with van der Waals surface area (Å²) < 4.78 is 5.86. The molecule has 0 aliphatic carbocycles. The van der Waals surface area contributed by atoms with Crippen molar-refractivity contribution in [3.8, 4) is 5.75 Å². The number of hydrogen-bond donors (Lipinski definition) is 1. The molecule has 1 atom stereocenters. The molecule has 0 aliphatic rings. The van der Waals surface area contributed by atoms with Crippen molar-refractivity contribution in [1.29, 1.82) is 0 Å². The van der Waals surface area contributed by atoms with E-state index in [9.17, 15) is 0 Å². The Morgan fingerprint density at radius 2 is 1.71 bits per heavy atom. The van der Waals surface area contributed by atoms with Gasteiger partial charge in [-0.2, -0.15) is 0 Å². The van der Waals surface area contributed by atoms with E-state index in [2.05, 4.69) is 58.1 Å². The second-order valence-electron chi connectivity index (χ2n) is 5.29. The maximum absolute atomic E-state index is 5.86. The van der Waals surface area contributed by atoms with Crippen LogP contribution in [0, 0.1) is 5.92 Å². The lowest BCUT2D eigenvalue weighted by Gasteiger charge is -2.20. The molecular formula is C15H25NO. The van der Waals surface area contributed by atoms with Gasteiger partial charge in [-0.1, -0.05) is 45.9 Å². The highest BCUT2D eigenvalue weighted by atomic mass is 16.5. The molecule has 0 aromatic heterocycles. The minimum absolute atomic E-state index is 0.318. The number of hydrogen-bond acceptors (Lipinski definition) is 2. The van der Waals surface area contributed by atoms with Gasteiger partial charge in [-0.25, -0.2) is 0 Å². The Balaban J connectivity index is 2.76. The van der Waals surface area contributed by atoms with Crippen molar-refractivity contribution in [3.05, 3.63) is 29.8 Å². The zero-order valence-corrected chi connectivity index (χ0v) is 11.7. The van der Waals surface area contributed by atoms with E-state index in [1.54, 1.807) is 0 Å². The van der Waals surface area contributed by atoms with Crippen LogP contribution in [-0.2, 0) is 0 Å². The van der Waals surface area contributed by atoms with E-state index in [1.165, 1.54) is 5.56 Å². The monoisotopic (exact) mass is 235 g/mol. The average molecular weight is 235 g/mol. The highest BCUT2D eigenvalue weighted by Crippen LogP contribution is 2.25. The standard InChI is InChI=1S/C15H25NO/c1-11(2)10-17-15-9-7-6-8-14(15)13(5)16-12(3)4/h6-9,11-13,16H,10H2,1-5H3/t13-/m1/s1. The zero-order chi connectivity index (χ0) is 12.8. The van der Waals surface area contributed by atoms with Crippen LogP contribution in [-0.4, -0.2) is 12.6 Å². The second kappa shape index (κ2) is 6.65. The van der Waals surface area contributed by atoms with Crippen LogP contribution in [0.25, 0.3) is 0 Å². The first-order chi connectivity index (χ1) is 8.00. The van der Waals surface area contributed by atoms with Gasteiger partial charge in [-0.15, -0.1) is 0 Å². The van der Waals surface area contributed by atoms with Crippen LogP contribution in [0.5, 0.6) is 5.75 Å². The van der Waals surface area contributed by atoms with Gasteiger partial charge in [0.25, 0.3) is 0 Å². The Hall–Kier alpha value is -1.02.